The van der Waals surface area contributed by atoms with Crippen LogP contribution >= 0.6 is 23.2 Å². The molecule has 0 spiro atoms. The maximum Gasteiger partial charge on any atom is 0.244 e. The lowest BCUT2D eigenvalue weighted by atomic mass is 10.1. The highest BCUT2D eigenvalue weighted by Gasteiger charge is 2.33. The number of sulfonamides is 1. The molecular weight excluding hydrogens is 541 g/mol. The molecule has 2 rings (SSSR count). The highest BCUT2D eigenvalue weighted by molar-refractivity contribution is 7.92. The van der Waals surface area contributed by atoms with Gasteiger partial charge in [-0.15, -0.1) is 0 Å². The third kappa shape index (κ3) is 8.15. The third-order valence-corrected chi connectivity index (χ3v) is 7.23. The van der Waals surface area contributed by atoms with Gasteiger partial charge in [0.15, 0.2) is 0 Å². The van der Waals surface area contributed by atoms with E-state index in [0.29, 0.717) is 21.4 Å². The Morgan fingerprint density at radius 1 is 1.05 bits per heavy atom. The highest BCUT2D eigenvalue weighted by atomic mass is 35.5. The van der Waals surface area contributed by atoms with Gasteiger partial charge in [0.1, 0.15) is 24.1 Å². The number of nitrogens with one attached hydrogen (secondary N) is 1. The molecule has 0 aromatic heterocycles. The van der Waals surface area contributed by atoms with Gasteiger partial charge in [0.25, 0.3) is 0 Å². The Hall–Kier alpha value is -2.69. The Morgan fingerprint density at radius 3 is 2.14 bits per heavy atom. The smallest absolute Gasteiger partial charge is 0.244 e. The van der Waals surface area contributed by atoms with Crippen molar-refractivity contribution in [3.63, 3.8) is 0 Å². The lowest BCUT2D eigenvalue weighted by molar-refractivity contribution is -0.140. The van der Waals surface area contributed by atoms with Crippen molar-refractivity contribution >= 4 is 50.7 Å². The quantitative estimate of drug-likeness (QED) is 0.458. The van der Waals surface area contributed by atoms with Crippen LogP contribution in [0.4, 0.5) is 5.69 Å². The van der Waals surface area contributed by atoms with E-state index in [1.54, 1.807) is 31.2 Å². The van der Waals surface area contributed by atoms with Gasteiger partial charge in [-0.05, 0) is 52.0 Å². The summed E-state index contributed by atoms with van der Waals surface area (Å²) in [5.41, 5.74) is 0.0151. The van der Waals surface area contributed by atoms with Crippen molar-refractivity contribution in [3.05, 3.63) is 52.0 Å². The van der Waals surface area contributed by atoms with Crippen LogP contribution in [0.15, 0.2) is 36.4 Å². The Labute approximate surface area is 228 Å². The van der Waals surface area contributed by atoms with E-state index in [1.165, 1.54) is 31.3 Å². The van der Waals surface area contributed by atoms with Gasteiger partial charge in [-0.2, -0.15) is 0 Å². The molecule has 0 saturated carbocycles. The van der Waals surface area contributed by atoms with E-state index in [9.17, 15) is 18.0 Å². The van der Waals surface area contributed by atoms with Crippen LogP contribution in [0.25, 0.3) is 0 Å². The average Bonchev–Trinajstić information content (AvgIpc) is 2.79. The molecule has 12 heteroatoms. The molecule has 1 N–H and O–H groups in total. The predicted molar refractivity (Wildman–Crippen MR) is 146 cm³/mol. The highest BCUT2D eigenvalue weighted by Crippen LogP contribution is 2.34. The molecule has 0 aliphatic heterocycles. The van der Waals surface area contributed by atoms with Gasteiger partial charge >= 0.3 is 0 Å². The minimum atomic E-state index is -3.95. The maximum absolute atomic E-state index is 13.7. The number of carbonyl (C=O) groups excluding carboxylic acids is 2. The minimum absolute atomic E-state index is 0.118. The van der Waals surface area contributed by atoms with E-state index in [0.717, 1.165) is 10.6 Å². The fraction of sp³-hybridized carbons (Fsp3) is 0.440. The molecule has 204 valence electrons. The molecule has 1 atom stereocenters. The molecule has 2 amide bonds. The second-order valence-electron chi connectivity index (χ2n) is 9.44. The molecule has 0 aliphatic rings. The summed E-state index contributed by atoms with van der Waals surface area (Å²) >= 11 is 12.7. The van der Waals surface area contributed by atoms with E-state index in [2.05, 4.69) is 5.32 Å². The molecule has 2 aromatic rings. The molecule has 0 bridgehead atoms. The van der Waals surface area contributed by atoms with E-state index in [-0.39, 0.29) is 18.0 Å². The van der Waals surface area contributed by atoms with Gasteiger partial charge in [-0.25, -0.2) is 8.42 Å². The summed E-state index contributed by atoms with van der Waals surface area (Å²) in [5.74, 6) is -0.424. The van der Waals surface area contributed by atoms with Crippen molar-refractivity contribution in [2.24, 2.45) is 0 Å². The van der Waals surface area contributed by atoms with Gasteiger partial charge in [0.2, 0.25) is 21.8 Å². The Morgan fingerprint density at radius 2 is 1.65 bits per heavy atom. The van der Waals surface area contributed by atoms with Gasteiger partial charge in [-0.1, -0.05) is 29.3 Å². The molecule has 0 saturated heterocycles. The molecule has 0 heterocycles. The zero-order valence-electron chi connectivity index (χ0n) is 22.0. The van der Waals surface area contributed by atoms with Crippen LogP contribution in [-0.4, -0.2) is 63.7 Å². The van der Waals surface area contributed by atoms with Crippen molar-refractivity contribution in [2.75, 3.05) is 31.3 Å². The normalized spacial score (nSPS) is 12.5. The maximum atomic E-state index is 13.7. The summed E-state index contributed by atoms with van der Waals surface area (Å²) < 4.78 is 37.1. The molecule has 9 nitrogen and oxygen atoms in total. The second kappa shape index (κ2) is 12.2. The number of carbonyl (C=O) groups is 2. The number of anilines is 1. The molecular formula is C25H33Cl2N3O6S. The molecule has 0 unspecified atom stereocenters. The molecule has 0 fully saturated rings. The summed E-state index contributed by atoms with van der Waals surface area (Å²) in [6, 6.07) is 8.49. The fourth-order valence-corrected chi connectivity index (χ4v) is 4.87. The van der Waals surface area contributed by atoms with Gasteiger partial charge in [0.05, 0.1) is 26.2 Å². The lowest BCUT2D eigenvalue weighted by Gasteiger charge is -2.33. The first-order valence-electron chi connectivity index (χ1n) is 11.3. The zero-order valence-corrected chi connectivity index (χ0v) is 24.3. The van der Waals surface area contributed by atoms with Crippen molar-refractivity contribution in [2.45, 2.75) is 45.8 Å². The topological polar surface area (TPSA) is 105 Å². The molecule has 2 aromatic carbocycles. The Bertz CT molecular complexity index is 1230. The van der Waals surface area contributed by atoms with E-state index in [1.807, 2.05) is 20.8 Å². The van der Waals surface area contributed by atoms with Crippen LogP contribution in [0.5, 0.6) is 11.5 Å². The SMILES string of the molecule is COc1ccc(N(CC(=O)N(Cc2c(Cl)cccc2Cl)[C@@H](C)C(=O)NC(C)(C)C)S(C)(=O)=O)c(OC)c1. The summed E-state index contributed by atoms with van der Waals surface area (Å²) in [7, 11) is -1.10. The monoisotopic (exact) mass is 573 g/mol. The van der Waals surface area contributed by atoms with Crippen LogP contribution in [0.1, 0.15) is 33.3 Å². The van der Waals surface area contributed by atoms with Crippen molar-refractivity contribution in [3.8, 4) is 11.5 Å². The number of nitrogens with zero attached hydrogens (tertiary/aromatic N) is 2. The van der Waals surface area contributed by atoms with E-state index in [4.69, 9.17) is 32.7 Å². The van der Waals surface area contributed by atoms with Crippen molar-refractivity contribution in [1.82, 2.24) is 10.2 Å². The number of benzene rings is 2. The van der Waals surface area contributed by atoms with Crippen LogP contribution in [0.2, 0.25) is 10.0 Å². The van der Waals surface area contributed by atoms with Crippen molar-refractivity contribution in [1.29, 1.82) is 0 Å². The summed E-state index contributed by atoms with van der Waals surface area (Å²) in [4.78, 5) is 28.0. The Balaban J connectivity index is 2.54. The third-order valence-electron chi connectivity index (χ3n) is 5.39. The summed E-state index contributed by atoms with van der Waals surface area (Å²) in [5, 5.41) is 3.47. The number of hydrogen-bond donors (Lipinski definition) is 1. The first-order chi connectivity index (χ1) is 17.1. The van der Waals surface area contributed by atoms with Crippen molar-refractivity contribution < 1.29 is 27.5 Å². The van der Waals surface area contributed by atoms with Gasteiger partial charge < -0.3 is 19.7 Å². The first-order valence-corrected chi connectivity index (χ1v) is 13.9. The lowest BCUT2D eigenvalue weighted by Crippen LogP contribution is -2.54. The number of halogens is 2. The number of methoxy groups -OCH3 is 2. The average molecular weight is 575 g/mol. The number of ether oxygens (including phenoxy) is 2. The summed E-state index contributed by atoms with van der Waals surface area (Å²) in [6.07, 6.45) is 0.981. The fourth-order valence-electron chi connectivity index (χ4n) is 3.50. The minimum Gasteiger partial charge on any atom is -0.497 e. The first kappa shape index (κ1) is 30.5. The van der Waals surface area contributed by atoms with Gasteiger partial charge in [-0.3, -0.25) is 13.9 Å². The molecule has 37 heavy (non-hydrogen) atoms. The van der Waals surface area contributed by atoms with Crippen LogP contribution in [0, 0.1) is 0 Å². The second-order valence-corrected chi connectivity index (χ2v) is 12.2. The molecule has 0 aliphatic carbocycles. The standard InChI is InChI=1S/C25H33Cl2N3O6S/c1-16(24(32)28-25(2,3)4)29(14-18-19(26)9-8-10-20(18)27)23(31)15-30(37(7,33)34)21-12-11-17(35-5)13-22(21)36-6/h8-13,16H,14-15H2,1-7H3,(H,28,32)/t16-/m0/s1. The number of amides is 2. The van der Waals surface area contributed by atoms with Gasteiger partial charge in [0, 0.05) is 33.8 Å². The number of rotatable bonds is 10. The zero-order chi connectivity index (χ0) is 28.1. The molecule has 0 radical (unpaired) electrons. The van der Waals surface area contributed by atoms with Crippen LogP contribution in [0.3, 0.4) is 0 Å². The summed E-state index contributed by atoms with van der Waals surface area (Å²) in [6.45, 7) is 6.29. The van der Waals surface area contributed by atoms with E-state index >= 15 is 0 Å². The van der Waals surface area contributed by atoms with E-state index < -0.39 is 40.0 Å². The Kier molecular flexibility index (Phi) is 10.1. The van der Waals surface area contributed by atoms with Crippen LogP contribution < -0.4 is 19.1 Å². The number of hydrogen-bond acceptors (Lipinski definition) is 6. The van der Waals surface area contributed by atoms with Crippen LogP contribution in [-0.2, 0) is 26.2 Å². The largest absolute Gasteiger partial charge is 0.497 e. The predicted octanol–water partition coefficient (Wildman–Crippen LogP) is 4.11.